The van der Waals surface area contributed by atoms with E-state index >= 15 is 0 Å². The highest BCUT2D eigenvalue weighted by Gasteiger charge is 2.26. The van der Waals surface area contributed by atoms with Crippen LogP contribution in [-0.4, -0.2) is 9.62 Å². The maximum atomic E-state index is 11.8. The van der Waals surface area contributed by atoms with Gasteiger partial charge >= 0.3 is 0 Å². The summed E-state index contributed by atoms with van der Waals surface area (Å²) in [4.78, 5) is 11.8. The minimum absolute atomic E-state index is 0.0957. The number of benzene rings is 1. The van der Waals surface area contributed by atoms with Crippen LogP contribution >= 0.6 is 35.8 Å². The van der Waals surface area contributed by atoms with Gasteiger partial charge in [-0.2, -0.15) is 3.71 Å². The van der Waals surface area contributed by atoms with E-state index < -0.39 is 0 Å². The maximum Gasteiger partial charge on any atom is 0.280 e. The highest BCUT2D eigenvalue weighted by molar-refractivity contribution is 8.12. The number of carbonyl (C=O) groups is 1. The van der Waals surface area contributed by atoms with Gasteiger partial charge in [-0.05, 0) is 24.1 Å². The first-order chi connectivity index (χ1) is 7.33. The molecule has 6 heteroatoms. The fourth-order valence-electron chi connectivity index (χ4n) is 1.07. The van der Waals surface area contributed by atoms with Crippen LogP contribution in [0.15, 0.2) is 35.2 Å². The Bertz CT molecular complexity index is 411. The lowest BCUT2D eigenvalue weighted by atomic mass is 10.2. The molecule has 15 heavy (non-hydrogen) atoms. The summed E-state index contributed by atoms with van der Waals surface area (Å²) in [5.41, 5.74) is 1.91. The molecule has 0 N–H and O–H groups in total. The van der Waals surface area contributed by atoms with E-state index in [1.807, 2.05) is 6.07 Å². The molecule has 1 aliphatic rings. The van der Waals surface area contributed by atoms with Gasteiger partial charge in [0.2, 0.25) is 0 Å². The molecule has 0 saturated heterocycles. The topological polar surface area (TPSA) is 29.5 Å². The Morgan fingerprint density at radius 2 is 2.27 bits per heavy atom. The second-order valence-electron chi connectivity index (χ2n) is 2.58. The van der Waals surface area contributed by atoms with E-state index in [9.17, 15) is 4.79 Å². The molecule has 0 radical (unpaired) electrons. The van der Waals surface area contributed by atoms with Gasteiger partial charge in [-0.3, -0.25) is 4.79 Å². The number of hydrogen-bond donors (Lipinski definition) is 0. The summed E-state index contributed by atoms with van der Waals surface area (Å²) in [6.45, 7) is 0. The average Bonchev–Trinajstić information content (AvgIpc) is 2.29. The number of carbonyl (C=O) groups excluding carboxylic acids is 1. The molecule has 0 aromatic heterocycles. The van der Waals surface area contributed by atoms with Crippen LogP contribution in [0, 0.1) is 0 Å². The van der Waals surface area contributed by atoms with E-state index in [0.717, 1.165) is 12.2 Å². The molecule has 0 spiro atoms. The Labute approximate surface area is 101 Å². The number of rotatable bonds is 2. The number of nitrogens with zero attached hydrogens (tertiary/aromatic N) is 1. The molecular formula is C9H6ClNO2S2. The summed E-state index contributed by atoms with van der Waals surface area (Å²) in [5.74, 6) is 0.501. The summed E-state index contributed by atoms with van der Waals surface area (Å²) in [6, 6.07) is 7.12. The molecule has 1 aliphatic heterocycles. The molecule has 3 nitrogen and oxygen atoms in total. The predicted octanol–water partition coefficient (Wildman–Crippen LogP) is 3.44. The molecule has 1 aromatic carbocycles. The van der Waals surface area contributed by atoms with Crippen LogP contribution < -0.4 is 4.18 Å². The van der Waals surface area contributed by atoms with Gasteiger partial charge in [0.1, 0.15) is 0 Å². The van der Waals surface area contributed by atoms with Crippen molar-refractivity contribution < 1.29 is 8.98 Å². The van der Waals surface area contributed by atoms with Crippen molar-refractivity contribution in [1.82, 2.24) is 3.71 Å². The second kappa shape index (κ2) is 4.83. The lowest BCUT2D eigenvalue weighted by Crippen LogP contribution is -2.22. The first kappa shape index (κ1) is 10.7. The van der Waals surface area contributed by atoms with E-state index in [1.165, 1.54) is 21.2 Å². The highest BCUT2D eigenvalue weighted by Crippen LogP contribution is 2.36. The minimum atomic E-state index is -0.0957. The van der Waals surface area contributed by atoms with Gasteiger partial charge < -0.3 is 4.18 Å². The third-order valence-electron chi connectivity index (χ3n) is 1.69. The van der Waals surface area contributed by atoms with Gasteiger partial charge in [0.25, 0.3) is 5.91 Å². The summed E-state index contributed by atoms with van der Waals surface area (Å²) < 4.78 is 6.75. The molecule has 0 bridgehead atoms. The van der Waals surface area contributed by atoms with E-state index in [2.05, 4.69) is 0 Å². The SMILES string of the molecule is O=C1c2ccccc2OSN1SC=CCl. The smallest absolute Gasteiger partial charge is 0.280 e. The van der Waals surface area contributed by atoms with Crippen molar-refractivity contribution >= 4 is 41.7 Å². The molecule has 0 unspecified atom stereocenters. The standard InChI is InChI=1S/C9H6ClNO2S2/c10-5-6-14-11-9(12)7-3-1-2-4-8(7)13-15-11/h1-6H. The number of amides is 1. The molecule has 0 atom stereocenters. The van der Waals surface area contributed by atoms with E-state index in [4.69, 9.17) is 15.8 Å². The van der Waals surface area contributed by atoms with Crippen LogP contribution in [-0.2, 0) is 0 Å². The zero-order valence-corrected chi connectivity index (χ0v) is 9.81. The van der Waals surface area contributed by atoms with Crippen molar-refractivity contribution in [2.45, 2.75) is 0 Å². The summed E-state index contributed by atoms with van der Waals surface area (Å²) >= 11 is 7.55. The zero-order chi connectivity index (χ0) is 10.7. The van der Waals surface area contributed by atoms with Crippen LogP contribution in [0.5, 0.6) is 5.75 Å². The molecule has 78 valence electrons. The normalized spacial score (nSPS) is 15.3. The third-order valence-corrected chi connectivity index (χ3v) is 3.57. The quantitative estimate of drug-likeness (QED) is 0.601. The van der Waals surface area contributed by atoms with E-state index in [1.54, 1.807) is 23.6 Å². The van der Waals surface area contributed by atoms with Crippen LogP contribution in [0.1, 0.15) is 10.4 Å². The van der Waals surface area contributed by atoms with Crippen molar-refractivity contribution in [2.75, 3.05) is 0 Å². The van der Waals surface area contributed by atoms with Crippen LogP contribution in [0.2, 0.25) is 0 Å². The maximum absolute atomic E-state index is 11.8. The zero-order valence-electron chi connectivity index (χ0n) is 7.42. The van der Waals surface area contributed by atoms with Gasteiger partial charge in [-0.25, -0.2) is 0 Å². The number of para-hydroxylation sites is 1. The lowest BCUT2D eigenvalue weighted by Gasteiger charge is -2.23. The first-order valence-corrected chi connectivity index (χ1v) is 6.00. The first-order valence-electron chi connectivity index (χ1n) is 4.03. The lowest BCUT2D eigenvalue weighted by molar-refractivity contribution is 0.0923. The minimum Gasteiger partial charge on any atom is -0.404 e. The van der Waals surface area contributed by atoms with Crippen molar-refractivity contribution in [3.63, 3.8) is 0 Å². The van der Waals surface area contributed by atoms with E-state index in [-0.39, 0.29) is 5.91 Å². The number of halogens is 1. The van der Waals surface area contributed by atoms with Crippen LogP contribution in [0.25, 0.3) is 0 Å². The van der Waals surface area contributed by atoms with Gasteiger partial charge in [-0.15, -0.1) is 0 Å². The van der Waals surface area contributed by atoms with Gasteiger partial charge in [0.15, 0.2) is 18.0 Å². The van der Waals surface area contributed by atoms with Crippen LogP contribution in [0.4, 0.5) is 0 Å². The number of hydrogen-bond acceptors (Lipinski definition) is 4. The molecule has 0 aliphatic carbocycles. The fourth-order valence-corrected chi connectivity index (χ4v) is 2.39. The van der Waals surface area contributed by atoms with Crippen molar-refractivity contribution in [3.05, 3.63) is 40.8 Å². The summed E-state index contributed by atoms with van der Waals surface area (Å²) in [7, 11) is 0. The fraction of sp³-hybridized carbons (Fsp3) is 0. The predicted molar refractivity (Wildman–Crippen MR) is 63.4 cm³/mol. The summed E-state index contributed by atoms with van der Waals surface area (Å²) in [6.07, 6.45) is 0. The Morgan fingerprint density at radius 3 is 3.07 bits per heavy atom. The molecule has 0 fully saturated rings. The van der Waals surface area contributed by atoms with Crippen molar-refractivity contribution in [3.8, 4) is 5.75 Å². The van der Waals surface area contributed by atoms with Crippen molar-refractivity contribution in [2.24, 2.45) is 0 Å². The monoisotopic (exact) mass is 259 g/mol. The van der Waals surface area contributed by atoms with Crippen molar-refractivity contribution in [1.29, 1.82) is 0 Å². The Kier molecular flexibility index (Phi) is 3.45. The molecule has 0 saturated carbocycles. The molecular weight excluding hydrogens is 254 g/mol. The average molecular weight is 260 g/mol. The Hall–Kier alpha value is -0.780. The molecule has 1 heterocycles. The van der Waals surface area contributed by atoms with Gasteiger partial charge in [0.05, 0.1) is 5.56 Å². The molecule has 1 amide bonds. The highest BCUT2D eigenvalue weighted by atomic mass is 35.5. The summed E-state index contributed by atoms with van der Waals surface area (Å²) in [5, 5.41) is 1.60. The van der Waals surface area contributed by atoms with Gasteiger partial charge in [0, 0.05) is 10.9 Å². The Balaban J connectivity index is 2.22. The van der Waals surface area contributed by atoms with Gasteiger partial charge in [-0.1, -0.05) is 23.7 Å². The second-order valence-corrected chi connectivity index (χ2v) is 4.60. The van der Waals surface area contributed by atoms with E-state index in [0.29, 0.717) is 11.3 Å². The third kappa shape index (κ3) is 2.25. The number of fused-ring (bicyclic) bond motifs is 1. The van der Waals surface area contributed by atoms with Crippen LogP contribution in [0.3, 0.4) is 0 Å². The molecule has 1 aromatic rings. The Morgan fingerprint density at radius 1 is 1.47 bits per heavy atom. The molecule has 2 rings (SSSR count). The largest absolute Gasteiger partial charge is 0.404 e.